The van der Waals surface area contributed by atoms with Crippen molar-refractivity contribution in [2.24, 2.45) is 0 Å². The number of methoxy groups -OCH3 is 2. The molecule has 0 bridgehead atoms. The molecule has 0 spiro atoms. The lowest BCUT2D eigenvalue weighted by atomic mass is 10.1. The Balaban J connectivity index is 2.28. The van der Waals surface area contributed by atoms with E-state index in [1.807, 2.05) is 49.3 Å². The first-order valence-corrected chi connectivity index (χ1v) is 10.7. The van der Waals surface area contributed by atoms with Gasteiger partial charge in [-0.25, -0.2) is 22.7 Å². The number of hydrogen-bond acceptors (Lipinski definition) is 7. The zero-order valence-electron chi connectivity index (χ0n) is 17.4. The lowest BCUT2D eigenvalue weighted by Gasteiger charge is -2.25. The average Bonchev–Trinajstić information content (AvgIpc) is 2.75. The van der Waals surface area contributed by atoms with Crippen molar-refractivity contribution in [3.8, 4) is 0 Å². The van der Waals surface area contributed by atoms with Crippen LogP contribution in [0.5, 0.6) is 0 Å². The maximum absolute atomic E-state index is 12.9. The first-order valence-electron chi connectivity index (χ1n) is 9.19. The molecule has 0 aliphatic heterocycles. The second-order valence-corrected chi connectivity index (χ2v) is 8.66. The van der Waals surface area contributed by atoms with Gasteiger partial charge in [0.05, 0.1) is 30.2 Å². The normalized spacial score (nSPS) is 12.4. The summed E-state index contributed by atoms with van der Waals surface area (Å²) in [5.74, 6) is -1.51. The highest BCUT2D eigenvalue weighted by Gasteiger charge is 2.23. The molecular weight excluding hydrogens is 408 g/mol. The summed E-state index contributed by atoms with van der Waals surface area (Å²) in [5.41, 5.74) is 0.958. The molecule has 0 radical (unpaired) electrons. The van der Waals surface area contributed by atoms with Crippen LogP contribution in [0.15, 0.2) is 53.4 Å². The molecule has 30 heavy (non-hydrogen) atoms. The fourth-order valence-electron chi connectivity index (χ4n) is 2.84. The van der Waals surface area contributed by atoms with Crippen molar-refractivity contribution in [2.75, 3.05) is 34.9 Å². The fourth-order valence-corrected chi connectivity index (χ4v) is 3.98. The second-order valence-electron chi connectivity index (χ2n) is 6.89. The van der Waals surface area contributed by atoms with Crippen LogP contribution in [0.4, 0.5) is 0 Å². The molecule has 0 amide bonds. The van der Waals surface area contributed by atoms with Crippen molar-refractivity contribution in [3.63, 3.8) is 0 Å². The molecule has 0 aliphatic carbocycles. The van der Waals surface area contributed by atoms with E-state index < -0.39 is 22.0 Å². The first-order chi connectivity index (χ1) is 14.2. The van der Waals surface area contributed by atoms with Gasteiger partial charge in [0.1, 0.15) is 0 Å². The monoisotopic (exact) mass is 434 g/mol. The molecule has 0 aliphatic rings. The Bertz CT molecular complexity index is 956. The van der Waals surface area contributed by atoms with Gasteiger partial charge in [0.25, 0.3) is 0 Å². The summed E-state index contributed by atoms with van der Waals surface area (Å²) >= 11 is 0. The number of carbonyl (C=O) groups is 2. The predicted octanol–water partition coefficient (Wildman–Crippen LogP) is 1.71. The highest BCUT2D eigenvalue weighted by atomic mass is 32.2. The number of carbonyl (C=O) groups excluding carboxylic acids is 2. The maximum Gasteiger partial charge on any atom is 0.337 e. The van der Waals surface area contributed by atoms with Crippen molar-refractivity contribution in [1.82, 2.24) is 9.62 Å². The molecule has 162 valence electrons. The highest BCUT2D eigenvalue weighted by Crippen LogP contribution is 2.18. The summed E-state index contributed by atoms with van der Waals surface area (Å²) < 4.78 is 37.7. The molecule has 1 atom stereocenters. The number of nitrogens with zero attached hydrogens (tertiary/aromatic N) is 1. The van der Waals surface area contributed by atoms with Crippen LogP contribution >= 0.6 is 0 Å². The quantitative estimate of drug-likeness (QED) is 0.600. The van der Waals surface area contributed by atoms with Gasteiger partial charge in [-0.3, -0.25) is 0 Å². The third-order valence-electron chi connectivity index (χ3n) is 4.61. The molecule has 1 N–H and O–H groups in total. The largest absolute Gasteiger partial charge is 0.465 e. The summed E-state index contributed by atoms with van der Waals surface area (Å²) in [4.78, 5) is 25.5. The number of sulfonamides is 1. The molecule has 0 aromatic heterocycles. The third kappa shape index (κ3) is 6.12. The second kappa shape index (κ2) is 10.3. The van der Waals surface area contributed by atoms with Crippen LogP contribution in [0.3, 0.4) is 0 Å². The highest BCUT2D eigenvalue weighted by molar-refractivity contribution is 7.89. The number of ether oxygens (including phenoxy) is 2. The summed E-state index contributed by atoms with van der Waals surface area (Å²) in [7, 11) is 2.08. The molecule has 2 rings (SSSR count). The molecule has 2 aromatic carbocycles. The maximum atomic E-state index is 12.9. The molecular formula is C21H26N2O6S. The van der Waals surface area contributed by atoms with Gasteiger partial charge in [-0.05, 0) is 44.3 Å². The van der Waals surface area contributed by atoms with Gasteiger partial charge in [0.15, 0.2) is 0 Å². The Morgan fingerprint density at radius 3 is 1.97 bits per heavy atom. The van der Waals surface area contributed by atoms with Crippen LogP contribution in [0.1, 0.15) is 26.3 Å². The van der Waals surface area contributed by atoms with Crippen molar-refractivity contribution in [3.05, 3.63) is 65.2 Å². The minimum atomic E-state index is -4.00. The van der Waals surface area contributed by atoms with E-state index in [0.29, 0.717) is 6.42 Å². The molecule has 2 aromatic rings. The van der Waals surface area contributed by atoms with Gasteiger partial charge in [0.2, 0.25) is 10.0 Å². The van der Waals surface area contributed by atoms with E-state index in [2.05, 4.69) is 14.2 Å². The summed E-state index contributed by atoms with van der Waals surface area (Å²) in [6.07, 6.45) is 0.645. The van der Waals surface area contributed by atoms with Crippen molar-refractivity contribution in [2.45, 2.75) is 17.4 Å². The van der Waals surface area contributed by atoms with Crippen LogP contribution in [-0.2, 0) is 25.9 Å². The van der Waals surface area contributed by atoms with Gasteiger partial charge in [-0.15, -0.1) is 0 Å². The Hall–Kier alpha value is -2.75. The third-order valence-corrected chi connectivity index (χ3v) is 6.02. The van der Waals surface area contributed by atoms with Crippen LogP contribution in [0.2, 0.25) is 0 Å². The molecule has 8 nitrogen and oxygen atoms in total. The lowest BCUT2D eigenvalue weighted by molar-refractivity contribution is 0.0598. The topological polar surface area (TPSA) is 102 Å². The first kappa shape index (κ1) is 23.5. The van der Waals surface area contributed by atoms with Crippen molar-refractivity contribution in [1.29, 1.82) is 0 Å². The number of benzene rings is 2. The summed E-state index contributed by atoms with van der Waals surface area (Å²) in [5, 5.41) is 0. The molecule has 9 heteroatoms. The van der Waals surface area contributed by atoms with E-state index in [9.17, 15) is 18.0 Å². The minimum Gasteiger partial charge on any atom is -0.465 e. The number of nitrogens with one attached hydrogen (secondary N) is 1. The Labute approximate surface area is 176 Å². The Morgan fingerprint density at radius 1 is 0.967 bits per heavy atom. The number of esters is 2. The van der Waals surface area contributed by atoms with Crippen LogP contribution in [0.25, 0.3) is 0 Å². The molecule has 0 saturated carbocycles. The van der Waals surface area contributed by atoms with E-state index in [-0.39, 0.29) is 28.6 Å². The SMILES string of the molecule is COC(=O)c1cc(C(=O)OC)cc(S(=O)(=O)NCC(Cc2ccccc2)N(C)C)c1. The van der Waals surface area contributed by atoms with E-state index in [1.54, 1.807) is 0 Å². The number of hydrogen-bond donors (Lipinski definition) is 1. The molecule has 1 unspecified atom stereocenters. The van der Waals surface area contributed by atoms with Crippen LogP contribution in [-0.4, -0.2) is 66.2 Å². The predicted molar refractivity (Wildman–Crippen MR) is 112 cm³/mol. The van der Waals surface area contributed by atoms with E-state index in [4.69, 9.17) is 0 Å². The zero-order valence-corrected chi connectivity index (χ0v) is 18.2. The van der Waals surface area contributed by atoms with Crippen molar-refractivity contribution >= 4 is 22.0 Å². The summed E-state index contributed by atoms with van der Waals surface area (Å²) in [6, 6.07) is 13.2. The molecule has 0 fully saturated rings. The van der Waals surface area contributed by atoms with Gasteiger partial charge < -0.3 is 14.4 Å². The molecule has 0 heterocycles. The van der Waals surface area contributed by atoms with Gasteiger partial charge in [-0.1, -0.05) is 30.3 Å². The lowest BCUT2D eigenvalue weighted by Crippen LogP contribution is -2.41. The van der Waals surface area contributed by atoms with E-state index in [0.717, 1.165) is 5.56 Å². The Kier molecular flexibility index (Phi) is 8.10. The number of likely N-dealkylation sites (N-methyl/N-ethyl adjacent to an activating group) is 1. The zero-order chi connectivity index (χ0) is 22.3. The standard InChI is InChI=1S/C21H26N2O6S/c1-23(2)18(10-15-8-6-5-7-9-15)14-22-30(26,27)19-12-16(20(24)28-3)11-17(13-19)21(25)29-4/h5-9,11-13,18,22H,10,14H2,1-4H3. The van der Waals surface area contributed by atoms with E-state index >= 15 is 0 Å². The van der Waals surface area contributed by atoms with Gasteiger partial charge in [-0.2, -0.15) is 0 Å². The Morgan fingerprint density at radius 2 is 1.50 bits per heavy atom. The van der Waals surface area contributed by atoms with Gasteiger partial charge >= 0.3 is 11.9 Å². The van der Waals surface area contributed by atoms with Gasteiger partial charge in [0, 0.05) is 12.6 Å². The van der Waals surface area contributed by atoms with Crippen molar-refractivity contribution < 1.29 is 27.5 Å². The van der Waals surface area contributed by atoms with E-state index in [1.165, 1.54) is 32.4 Å². The average molecular weight is 435 g/mol. The number of rotatable bonds is 9. The van der Waals surface area contributed by atoms with Crippen LogP contribution < -0.4 is 4.72 Å². The van der Waals surface area contributed by atoms with Crippen LogP contribution in [0, 0.1) is 0 Å². The minimum absolute atomic E-state index is 0.0609. The summed E-state index contributed by atoms with van der Waals surface area (Å²) in [6.45, 7) is 0.139. The smallest absolute Gasteiger partial charge is 0.337 e. The fraction of sp³-hybridized carbons (Fsp3) is 0.333. The molecule has 0 saturated heterocycles.